The zero-order chi connectivity index (χ0) is 33.5. The third-order valence-corrected chi connectivity index (χ3v) is 10.2. The Morgan fingerprint density at radius 2 is 1.87 bits per heavy atom. The molecule has 3 aliphatic rings. The van der Waals surface area contributed by atoms with Crippen LogP contribution in [0.25, 0.3) is 10.8 Å². The number of amides is 2. The molecule has 46 heavy (non-hydrogen) atoms. The number of nitrogens with zero attached hydrogens (tertiary/aromatic N) is 2. The monoisotopic (exact) mass is 659 g/mol. The second kappa shape index (κ2) is 12.6. The van der Waals surface area contributed by atoms with E-state index in [0.29, 0.717) is 43.7 Å². The predicted octanol–water partition coefficient (Wildman–Crippen LogP) is 5.09. The van der Waals surface area contributed by atoms with E-state index in [1.165, 1.54) is 4.90 Å². The lowest BCUT2D eigenvalue weighted by atomic mass is 9.91. The van der Waals surface area contributed by atoms with Gasteiger partial charge >= 0.3 is 16.4 Å². The van der Waals surface area contributed by atoms with Gasteiger partial charge in [0.05, 0.1) is 30.7 Å². The molecule has 0 spiro atoms. The van der Waals surface area contributed by atoms with E-state index in [4.69, 9.17) is 18.4 Å². The number of ether oxygens (including phenoxy) is 3. The fourth-order valence-corrected chi connectivity index (χ4v) is 7.76. The van der Waals surface area contributed by atoms with E-state index in [9.17, 15) is 22.8 Å². The molecule has 2 aromatic rings. The van der Waals surface area contributed by atoms with E-state index < -0.39 is 51.1 Å². The van der Waals surface area contributed by atoms with Crippen molar-refractivity contribution < 1.29 is 41.2 Å². The molecule has 0 bridgehead atoms. The Labute approximate surface area is 270 Å². The van der Waals surface area contributed by atoms with Crippen LogP contribution in [0, 0.1) is 11.3 Å². The third-order valence-electron chi connectivity index (χ3n) is 9.16. The molecule has 1 N–H and O–H groups in total. The number of rotatable bonds is 13. The molecule has 0 radical (unpaired) electrons. The summed E-state index contributed by atoms with van der Waals surface area (Å²) >= 11 is 0. The van der Waals surface area contributed by atoms with E-state index in [1.54, 1.807) is 40.1 Å². The quantitative estimate of drug-likeness (QED) is 0.308. The topological polar surface area (TPSA) is 150 Å². The van der Waals surface area contributed by atoms with Gasteiger partial charge in [-0.25, -0.2) is 18.7 Å². The smallest absolute Gasteiger partial charge is 0.411 e. The van der Waals surface area contributed by atoms with Crippen LogP contribution in [0.5, 0.6) is 11.6 Å². The molecular weight excluding hydrogens is 614 g/mol. The maximum Gasteiger partial charge on any atom is 0.411 e. The van der Waals surface area contributed by atoms with Crippen LogP contribution in [0.15, 0.2) is 30.5 Å². The van der Waals surface area contributed by atoms with Crippen molar-refractivity contribution in [1.29, 1.82) is 0 Å². The van der Waals surface area contributed by atoms with Crippen molar-refractivity contribution in [2.75, 3.05) is 13.7 Å². The van der Waals surface area contributed by atoms with Crippen molar-refractivity contribution in [2.45, 2.75) is 109 Å². The second-order valence-corrected chi connectivity index (χ2v) is 15.1. The van der Waals surface area contributed by atoms with Crippen LogP contribution >= 0.6 is 0 Å². The summed E-state index contributed by atoms with van der Waals surface area (Å²) in [6.07, 6.45) is 3.80. The number of methoxy groups -OCH3 is 1. The van der Waals surface area contributed by atoms with Gasteiger partial charge in [-0.15, -0.1) is 0 Å². The zero-order valence-electron chi connectivity index (χ0n) is 27.5. The summed E-state index contributed by atoms with van der Waals surface area (Å²) in [4.78, 5) is 46.7. The van der Waals surface area contributed by atoms with Gasteiger partial charge in [-0.3, -0.25) is 14.5 Å². The molecule has 3 fully saturated rings. The number of hydrogen-bond acceptors (Lipinski definition) is 10. The number of carbonyl (C=O) groups excluding carboxylic acids is 3. The van der Waals surface area contributed by atoms with Gasteiger partial charge in [0.25, 0.3) is 0 Å². The molecule has 4 atom stereocenters. The minimum atomic E-state index is -4.37. The van der Waals surface area contributed by atoms with E-state index in [-0.39, 0.29) is 31.1 Å². The number of aromatic nitrogens is 1. The Kier molecular flexibility index (Phi) is 9.31. The molecule has 1 aliphatic heterocycles. The molecule has 2 heterocycles. The van der Waals surface area contributed by atoms with Gasteiger partial charge in [0.1, 0.15) is 17.5 Å². The van der Waals surface area contributed by atoms with Gasteiger partial charge in [-0.05, 0) is 82.0 Å². The summed E-state index contributed by atoms with van der Waals surface area (Å²) in [5, 5.41) is 1.60. The SMILES string of the molecule is CCCC1(OS(=O)(=O)NC(=O)[C@@]2(CC(=O)[C@@H]3C[C@@H](Oc4nccc5cc(OC)ccc45)CN3C(=O)OC(C)(C)C)C[C@H]2CC)CC1. The Hall–Kier alpha value is -3.45. The molecule has 1 aromatic heterocycles. The average molecular weight is 660 g/mol. The van der Waals surface area contributed by atoms with Gasteiger partial charge in [-0.1, -0.05) is 26.7 Å². The summed E-state index contributed by atoms with van der Waals surface area (Å²) < 4.78 is 50.5. The Balaban J connectivity index is 1.34. The minimum Gasteiger partial charge on any atom is -0.497 e. The molecule has 2 aliphatic carbocycles. The number of likely N-dealkylation sites (tertiary alicyclic amines) is 1. The van der Waals surface area contributed by atoms with Crippen molar-refractivity contribution in [3.63, 3.8) is 0 Å². The highest BCUT2D eigenvalue weighted by Crippen LogP contribution is 2.58. The lowest BCUT2D eigenvalue weighted by molar-refractivity contribution is -0.132. The lowest BCUT2D eigenvalue weighted by Crippen LogP contribution is -2.46. The standard InChI is InChI=1S/C33H45N3O9S/c1-7-12-32(13-14-32)45-46(40,41)35-29(38)33(18-22(33)8-2)19-27(37)26-17-24(20-36(26)30(39)44-31(3,4)5)43-28-25-10-9-23(42-6)16-21(25)11-15-34-28/h9-11,15-16,22,24,26H,7-8,12-14,17-20H2,1-6H3,(H,35,38)/t22-,24-,26+,33-/m1/s1. The number of Topliss-reactive ketones (excluding diaryl/α,β-unsaturated/α-hetero) is 1. The van der Waals surface area contributed by atoms with Gasteiger partial charge in [0, 0.05) is 24.4 Å². The molecule has 2 saturated carbocycles. The predicted molar refractivity (Wildman–Crippen MR) is 170 cm³/mol. The summed E-state index contributed by atoms with van der Waals surface area (Å²) in [5.41, 5.74) is -2.77. The van der Waals surface area contributed by atoms with Crippen LogP contribution in [0.3, 0.4) is 0 Å². The highest BCUT2D eigenvalue weighted by atomic mass is 32.2. The van der Waals surface area contributed by atoms with Crippen LogP contribution in [0.2, 0.25) is 0 Å². The molecule has 1 aromatic carbocycles. The van der Waals surface area contributed by atoms with Gasteiger partial charge < -0.3 is 14.2 Å². The second-order valence-electron chi connectivity index (χ2n) is 13.8. The first kappa shape index (κ1) is 33.9. The van der Waals surface area contributed by atoms with Crippen LogP contribution in [0.4, 0.5) is 4.79 Å². The van der Waals surface area contributed by atoms with Crippen molar-refractivity contribution >= 4 is 38.9 Å². The van der Waals surface area contributed by atoms with E-state index in [2.05, 4.69) is 9.71 Å². The summed E-state index contributed by atoms with van der Waals surface area (Å²) in [5.74, 6) is -0.250. The fourth-order valence-electron chi connectivity index (χ4n) is 6.58. The normalized spacial score (nSPS) is 25.2. The number of fused-ring (bicyclic) bond motifs is 1. The van der Waals surface area contributed by atoms with Crippen molar-refractivity contribution in [2.24, 2.45) is 11.3 Å². The van der Waals surface area contributed by atoms with Crippen LogP contribution in [-0.2, 0) is 28.8 Å². The first-order chi connectivity index (χ1) is 21.6. The molecule has 0 unspecified atom stereocenters. The molecule has 12 nitrogen and oxygen atoms in total. The molecule has 252 valence electrons. The molecule has 5 rings (SSSR count). The van der Waals surface area contributed by atoms with Crippen LogP contribution < -0.4 is 14.2 Å². The first-order valence-corrected chi connectivity index (χ1v) is 17.4. The number of carbonyl (C=O) groups is 3. The summed E-state index contributed by atoms with van der Waals surface area (Å²) in [6.45, 7) is 9.13. The molecule has 2 amide bonds. The Morgan fingerprint density at radius 1 is 1.13 bits per heavy atom. The summed E-state index contributed by atoms with van der Waals surface area (Å²) in [6, 6.07) is 6.40. The highest BCUT2D eigenvalue weighted by Gasteiger charge is 2.62. The van der Waals surface area contributed by atoms with Crippen LogP contribution in [0.1, 0.15) is 86.0 Å². The van der Waals surface area contributed by atoms with Gasteiger partial charge in [0.2, 0.25) is 11.8 Å². The molecule has 1 saturated heterocycles. The molecule has 13 heteroatoms. The van der Waals surface area contributed by atoms with E-state index in [0.717, 1.165) is 17.2 Å². The largest absolute Gasteiger partial charge is 0.497 e. The average Bonchev–Trinajstić information content (AvgIpc) is 3.85. The minimum absolute atomic E-state index is 0.0671. The fraction of sp³-hybridized carbons (Fsp3) is 0.636. The lowest BCUT2D eigenvalue weighted by Gasteiger charge is -2.28. The maximum atomic E-state index is 14.0. The number of hydrogen-bond donors (Lipinski definition) is 1. The maximum absolute atomic E-state index is 14.0. The van der Waals surface area contributed by atoms with E-state index in [1.807, 2.05) is 32.0 Å². The van der Waals surface area contributed by atoms with Crippen molar-refractivity contribution in [3.05, 3.63) is 30.5 Å². The third kappa shape index (κ3) is 7.41. The van der Waals surface area contributed by atoms with Crippen molar-refractivity contribution in [1.82, 2.24) is 14.6 Å². The summed E-state index contributed by atoms with van der Waals surface area (Å²) in [7, 11) is -2.78. The van der Waals surface area contributed by atoms with Gasteiger partial charge in [0.15, 0.2) is 5.78 Å². The Morgan fingerprint density at radius 3 is 2.48 bits per heavy atom. The highest BCUT2D eigenvalue weighted by molar-refractivity contribution is 7.85. The number of benzene rings is 1. The van der Waals surface area contributed by atoms with E-state index >= 15 is 0 Å². The number of pyridine rings is 1. The first-order valence-electron chi connectivity index (χ1n) is 16.0. The number of nitrogens with one attached hydrogen (secondary N) is 1. The van der Waals surface area contributed by atoms with Crippen molar-refractivity contribution in [3.8, 4) is 11.6 Å². The zero-order valence-corrected chi connectivity index (χ0v) is 28.3. The molecular formula is C33H45N3O9S. The number of ketones is 1. The Bertz CT molecular complexity index is 1600. The van der Waals surface area contributed by atoms with Gasteiger partial charge in [-0.2, -0.15) is 8.42 Å². The van der Waals surface area contributed by atoms with Crippen LogP contribution in [-0.4, -0.2) is 73.1 Å².